The van der Waals surface area contributed by atoms with Crippen molar-refractivity contribution >= 4 is 32.6 Å². The standard InChI is InChI=1S/C16H13FN2OS/c1-9-6-10(2)14-13(7-9)21-16(18-14)19-15(20)11-4-3-5-12(17)8-11/h3-8H,1-2H3,(H,18,19,20). The van der Waals surface area contributed by atoms with Gasteiger partial charge in [-0.15, -0.1) is 0 Å². The number of nitrogens with zero attached hydrogens (tertiary/aromatic N) is 1. The Morgan fingerprint density at radius 3 is 2.81 bits per heavy atom. The van der Waals surface area contributed by atoms with Gasteiger partial charge in [0.2, 0.25) is 0 Å². The van der Waals surface area contributed by atoms with Crippen LogP contribution in [-0.2, 0) is 0 Å². The van der Waals surface area contributed by atoms with Gasteiger partial charge in [0.15, 0.2) is 5.13 Å². The van der Waals surface area contributed by atoms with Gasteiger partial charge in [-0.1, -0.05) is 23.5 Å². The lowest BCUT2D eigenvalue weighted by Crippen LogP contribution is -2.11. The molecular weight excluding hydrogens is 287 g/mol. The molecule has 106 valence electrons. The Hall–Kier alpha value is -2.27. The predicted molar refractivity (Wildman–Crippen MR) is 83.4 cm³/mol. The Morgan fingerprint density at radius 2 is 2.05 bits per heavy atom. The molecule has 0 atom stereocenters. The maximum Gasteiger partial charge on any atom is 0.257 e. The molecule has 0 saturated heterocycles. The molecule has 0 saturated carbocycles. The Kier molecular flexibility index (Phi) is 3.43. The fourth-order valence-electron chi connectivity index (χ4n) is 2.22. The molecule has 1 heterocycles. The minimum atomic E-state index is -0.432. The van der Waals surface area contributed by atoms with Crippen molar-refractivity contribution in [1.29, 1.82) is 0 Å². The van der Waals surface area contributed by atoms with E-state index in [-0.39, 0.29) is 11.5 Å². The number of amides is 1. The van der Waals surface area contributed by atoms with Gasteiger partial charge < -0.3 is 0 Å². The van der Waals surface area contributed by atoms with Crippen molar-refractivity contribution in [2.24, 2.45) is 0 Å². The van der Waals surface area contributed by atoms with Gasteiger partial charge in [-0.05, 0) is 49.2 Å². The number of fused-ring (bicyclic) bond motifs is 1. The van der Waals surface area contributed by atoms with Crippen molar-refractivity contribution in [2.45, 2.75) is 13.8 Å². The minimum Gasteiger partial charge on any atom is -0.298 e. The number of aryl methyl sites for hydroxylation is 2. The maximum atomic E-state index is 13.1. The van der Waals surface area contributed by atoms with Crippen LogP contribution in [0.1, 0.15) is 21.5 Å². The Balaban J connectivity index is 1.91. The smallest absolute Gasteiger partial charge is 0.257 e. The topological polar surface area (TPSA) is 42.0 Å². The lowest BCUT2D eigenvalue weighted by molar-refractivity contribution is 0.102. The van der Waals surface area contributed by atoms with Crippen LogP contribution in [0.2, 0.25) is 0 Å². The number of hydrogen-bond acceptors (Lipinski definition) is 3. The predicted octanol–water partition coefficient (Wildman–Crippen LogP) is 4.30. The molecule has 0 bridgehead atoms. The molecule has 0 aliphatic carbocycles. The van der Waals surface area contributed by atoms with Gasteiger partial charge >= 0.3 is 0 Å². The number of nitrogens with one attached hydrogen (secondary N) is 1. The van der Waals surface area contributed by atoms with Crippen molar-refractivity contribution < 1.29 is 9.18 Å². The third-order valence-electron chi connectivity index (χ3n) is 3.14. The molecule has 0 radical (unpaired) electrons. The Labute approximate surface area is 125 Å². The van der Waals surface area contributed by atoms with E-state index in [0.717, 1.165) is 21.3 Å². The summed E-state index contributed by atoms with van der Waals surface area (Å²) in [5.41, 5.74) is 3.40. The lowest BCUT2D eigenvalue weighted by Gasteiger charge is -2.01. The first-order valence-electron chi connectivity index (χ1n) is 6.47. The first-order chi connectivity index (χ1) is 10.0. The number of benzene rings is 2. The molecule has 3 rings (SSSR count). The van der Waals surface area contributed by atoms with E-state index in [0.29, 0.717) is 5.13 Å². The van der Waals surface area contributed by atoms with E-state index in [1.54, 1.807) is 6.07 Å². The largest absolute Gasteiger partial charge is 0.298 e. The molecule has 3 aromatic rings. The zero-order valence-corrected chi connectivity index (χ0v) is 12.4. The van der Waals surface area contributed by atoms with Crippen LogP contribution in [0.3, 0.4) is 0 Å². The first-order valence-corrected chi connectivity index (χ1v) is 7.29. The van der Waals surface area contributed by atoms with Crippen LogP contribution >= 0.6 is 11.3 Å². The normalized spacial score (nSPS) is 10.8. The molecular formula is C16H13FN2OS. The second-order valence-electron chi connectivity index (χ2n) is 4.91. The van der Waals surface area contributed by atoms with E-state index >= 15 is 0 Å². The Bertz CT molecular complexity index is 841. The average Bonchev–Trinajstić information content (AvgIpc) is 2.81. The minimum absolute atomic E-state index is 0.280. The summed E-state index contributed by atoms with van der Waals surface area (Å²) < 4.78 is 14.2. The number of aromatic nitrogens is 1. The highest BCUT2D eigenvalue weighted by atomic mass is 32.1. The summed E-state index contributed by atoms with van der Waals surface area (Å²) in [6.07, 6.45) is 0. The number of rotatable bonds is 2. The summed E-state index contributed by atoms with van der Waals surface area (Å²) in [5, 5.41) is 3.24. The van der Waals surface area contributed by atoms with Crippen LogP contribution < -0.4 is 5.32 Å². The molecule has 1 aromatic heterocycles. The van der Waals surface area contributed by atoms with Crippen molar-refractivity contribution in [2.75, 3.05) is 5.32 Å². The van der Waals surface area contributed by atoms with E-state index in [1.807, 2.05) is 19.9 Å². The fraction of sp³-hybridized carbons (Fsp3) is 0.125. The van der Waals surface area contributed by atoms with Crippen LogP contribution in [-0.4, -0.2) is 10.9 Å². The van der Waals surface area contributed by atoms with Crippen molar-refractivity contribution in [1.82, 2.24) is 4.98 Å². The van der Waals surface area contributed by atoms with Gasteiger partial charge in [0.25, 0.3) is 5.91 Å². The van der Waals surface area contributed by atoms with E-state index in [4.69, 9.17) is 0 Å². The summed E-state index contributed by atoms with van der Waals surface area (Å²) in [5.74, 6) is -0.790. The van der Waals surface area contributed by atoms with Gasteiger partial charge in [0.05, 0.1) is 10.2 Å². The zero-order chi connectivity index (χ0) is 15.0. The lowest BCUT2D eigenvalue weighted by atomic mass is 10.1. The second kappa shape index (κ2) is 5.26. The third-order valence-corrected chi connectivity index (χ3v) is 4.05. The third kappa shape index (κ3) is 2.78. The van der Waals surface area contributed by atoms with Gasteiger partial charge in [-0.3, -0.25) is 10.1 Å². The zero-order valence-electron chi connectivity index (χ0n) is 11.6. The van der Waals surface area contributed by atoms with Crippen molar-refractivity contribution in [3.63, 3.8) is 0 Å². The van der Waals surface area contributed by atoms with E-state index < -0.39 is 5.82 Å². The van der Waals surface area contributed by atoms with Crippen LogP contribution in [0.4, 0.5) is 9.52 Å². The monoisotopic (exact) mass is 300 g/mol. The van der Waals surface area contributed by atoms with Crippen molar-refractivity contribution in [3.8, 4) is 0 Å². The molecule has 5 heteroatoms. The second-order valence-corrected chi connectivity index (χ2v) is 5.94. The molecule has 1 N–H and O–H groups in total. The van der Waals surface area contributed by atoms with E-state index in [1.165, 1.54) is 29.5 Å². The summed E-state index contributed by atoms with van der Waals surface area (Å²) in [4.78, 5) is 16.5. The molecule has 0 aliphatic rings. The molecule has 2 aromatic carbocycles. The van der Waals surface area contributed by atoms with Crippen LogP contribution in [0.25, 0.3) is 10.2 Å². The maximum absolute atomic E-state index is 13.1. The van der Waals surface area contributed by atoms with Crippen LogP contribution in [0.15, 0.2) is 36.4 Å². The molecule has 3 nitrogen and oxygen atoms in total. The highest BCUT2D eigenvalue weighted by Gasteiger charge is 2.11. The number of hydrogen-bond donors (Lipinski definition) is 1. The summed E-state index contributed by atoms with van der Waals surface area (Å²) in [6, 6.07) is 9.69. The summed E-state index contributed by atoms with van der Waals surface area (Å²) in [6.45, 7) is 4.02. The van der Waals surface area contributed by atoms with Gasteiger partial charge in [0, 0.05) is 5.56 Å². The summed E-state index contributed by atoms with van der Waals surface area (Å²) >= 11 is 1.42. The number of anilines is 1. The van der Waals surface area contributed by atoms with Gasteiger partial charge in [-0.25, -0.2) is 9.37 Å². The average molecular weight is 300 g/mol. The summed E-state index contributed by atoms with van der Waals surface area (Å²) in [7, 11) is 0. The number of thiazole rings is 1. The van der Waals surface area contributed by atoms with E-state index in [2.05, 4.69) is 16.4 Å². The van der Waals surface area contributed by atoms with Crippen LogP contribution in [0.5, 0.6) is 0 Å². The molecule has 0 unspecified atom stereocenters. The molecule has 1 amide bonds. The van der Waals surface area contributed by atoms with Crippen molar-refractivity contribution in [3.05, 3.63) is 58.9 Å². The molecule has 0 spiro atoms. The quantitative estimate of drug-likeness (QED) is 0.766. The number of carbonyl (C=O) groups excluding carboxylic acids is 1. The highest BCUT2D eigenvalue weighted by molar-refractivity contribution is 7.22. The van der Waals surface area contributed by atoms with Gasteiger partial charge in [0.1, 0.15) is 5.82 Å². The molecule has 0 aliphatic heterocycles. The Morgan fingerprint density at radius 1 is 1.24 bits per heavy atom. The van der Waals surface area contributed by atoms with E-state index in [9.17, 15) is 9.18 Å². The molecule has 21 heavy (non-hydrogen) atoms. The SMILES string of the molecule is Cc1cc(C)c2nc(NC(=O)c3cccc(F)c3)sc2c1. The van der Waals surface area contributed by atoms with Crippen LogP contribution in [0, 0.1) is 19.7 Å². The fourth-order valence-corrected chi connectivity index (χ4v) is 3.26. The number of halogens is 1. The number of carbonyl (C=O) groups is 1. The van der Waals surface area contributed by atoms with Gasteiger partial charge in [-0.2, -0.15) is 0 Å². The molecule has 0 fully saturated rings. The first kappa shape index (κ1) is 13.7. The highest BCUT2D eigenvalue weighted by Crippen LogP contribution is 2.29.